The quantitative estimate of drug-likeness (QED) is 0.0545. The summed E-state index contributed by atoms with van der Waals surface area (Å²) in [7, 11) is 0. The molecule has 326 valence electrons. The summed E-state index contributed by atoms with van der Waals surface area (Å²) >= 11 is 0. The number of nitrogens with one attached hydrogen (secondary N) is 1. The number of ether oxygens (including phenoxy) is 7. The van der Waals surface area contributed by atoms with E-state index in [0.717, 1.165) is 5.56 Å². The highest BCUT2D eigenvalue weighted by Gasteiger charge is 2.46. The average molecular weight is 834 g/mol. The minimum Gasteiger partial charge on any atom is -0.506 e. The number of nitrogens with two attached hydrogens (primary N) is 1. The highest BCUT2D eigenvalue weighted by Crippen LogP contribution is 2.30. The number of rotatable bonds is 28. The Kier molecular flexibility index (Phi) is 21.4. The number of hydrogen-bond acceptors (Lipinski definition) is 17. The molecule has 0 radical (unpaired) electrons. The number of azo groups is 1. The number of nitrogens with zero attached hydrogens (tertiary/aromatic N) is 3. The van der Waals surface area contributed by atoms with Crippen molar-refractivity contribution in [2.75, 3.05) is 85.8 Å². The lowest BCUT2D eigenvalue weighted by atomic mass is 10.0. The van der Waals surface area contributed by atoms with Crippen LogP contribution in [-0.4, -0.2) is 143 Å². The third kappa shape index (κ3) is 19.0. The standard InChI is InChI=1S/C39H55N5O15/c1-39(2,3)58-38(51)41-13-10-27-4-9-32(45)31(24-27)43-42-29-7-5-28(6-8-29)37(50)59-44-34(46)25-30(36(44)49)33(57-14-11-35(47)48)26-56-23-22-55-21-20-54-19-18-53-17-16-52-15-12-40/h4-9,24,30,33,45H,10-23,25-26,40H2,1-3H3,(H,41,51)(H,47,48). The molecule has 2 unspecified atom stereocenters. The highest BCUT2D eigenvalue weighted by atomic mass is 16.7. The fourth-order valence-corrected chi connectivity index (χ4v) is 5.10. The van der Waals surface area contributed by atoms with Crippen LogP contribution in [0.25, 0.3) is 0 Å². The minimum absolute atomic E-state index is 0.00388. The maximum Gasteiger partial charge on any atom is 0.407 e. The number of aliphatic carboxylic acids is 1. The molecule has 2 aromatic rings. The van der Waals surface area contributed by atoms with Gasteiger partial charge in [-0.1, -0.05) is 6.07 Å². The normalized spacial score (nSPS) is 14.8. The van der Waals surface area contributed by atoms with E-state index in [1.54, 1.807) is 32.9 Å². The number of carboxylic acid groups (broad SMARTS) is 1. The highest BCUT2D eigenvalue weighted by molar-refractivity contribution is 6.04. The van der Waals surface area contributed by atoms with E-state index in [4.69, 9.17) is 48.8 Å². The Morgan fingerprint density at radius 1 is 0.864 bits per heavy atom. The van der Waals surface area contributed by atoms with Gasteiger partial charge in [0.2, 0.25) is 0 Å². The van der Waals surface area contributed by atoms with Gasteiger partial charge in [0.05, 0.1) is 102 Å². The number of benzene rings is 2. The number of hydroxylamine groups is 2. The molecule has 1 fully saturated rings. The molecule has 2 atom stereocenters. The minimum atomic E-state index is -1.12. The number of phenols is 1. The van der Waals surface area contributed by atoms with E-state index in [0.29, 0.717) is 76.5 Å². The maximum atomic E-state index is 13.3. The Balaban J connectivity index is 1.46. The zero-order valence-corrected chi connectivity index (χ0v) is 33.6. The van der Waals surface area contributed by atoms with Gasteiger partial charge in [0.25, 0.3) is 11.8 Å². The van der Waals surface area contributed by atoms with E-state index in [1.165, 1.54) is 30.3 Å². The number of aromatic hydroxyl groups is 1. The number of carboxylic acids is 1. The molecule has 1 heterocycles. The monoisotopic (exact) mass is 833 g/mol. The van der Waals surface area contributed by atoms with Gasteiger partial charge in [-0.2, -0.15) is 5.11 Å². The van der Waals surface area contributed by atoms with E-state index in [1.807, 2.05) is 0 Å². The van der Waals surface area contributed by atoms with Gasteiger partial charge in [-0.3, -0.25) is 14.4 Å². The molecular weight excluding hydrogens is 778 g/mol. The van der Waals surface area contributed by atoms with Gasteiger partial charge in [0, 0.05) is 19.5 Å². The van der Waals surface area contributed by atoms with Crippen LogP contribution in [0.2, 0.25) is 0 Å². The van der Waals surface area contributed by atoms with Crippen LogP contribution in [-0.2, 0) is 58.8 Å². The van der Waals surface area contributed by atoms with Crippen molar-refractivity contribution in [3.8, 4) is 5.75 Å². The predicted octanol–water partition coefficient (Wildman–Crippen LogP) is 3.22. The molecule has 0 spiro atoms. The van der Waals surface area contributed by atoms with Crippen LogP contribution in [0.4, 0.5) is 16.2 Å². The van der Waals surface area contributed by atoms with Gasteiger partial charge in [-0.25, -0.2) is 9.59 Å². The van der Waals surface area contributed by atoms with Crippen LogP contribution < -0.4 is 11.1 Å². The second kappa shape index (κ2) is 26.1. The van der Waals surface area contributed by atoms with Crippen molar-refractivity contribution >= 4 is 41.2 Å². The zero-order valence-electron chi connectivity index (χ0n) is 33.6. The van der Waals surface area contributed by atoms with Crippen LogP contribution in [0.3, 0.4) is 0 Å². The largest absolute Gasteiger partial charge is 0.506 e. The van der Waals surface area contributed by atoms with Crippen LogP contribution >= 0.6 is 0 Å². The molecule has 3 rings (SSSR count). The summed E-state index contributed by atoms with van der Waals surface area (Å²) in [6.07, 6.45) is -1.83. The van der Waals surface area contributed by atoms with Gasteiger partial charge in [-0.15, -0.1) is 10.2 Å². The van der Waals surface area contributed by atoms with Crippen molar-refractivity contribution in [1.29, 1.82) is 0 Å². The van der Waals surface area contributed by atoms with E-state index in [-0.39, 0.29) is 56.3 Å². The molecule has 0 aromatic heterocycles. The molecule has 1 aliphatic heterocycles. The smallest absolute Gasteiger partial charge is 0.407 e. The summed E-state index contributed by atoms with van der Waals surface area (Å²) in [6.45, 7) is 8.73. The third-order valence-electron chi connectivity index (χ3n) is 7.94. The lowest BCUT2D eigenvalue weighted by molar-refractivity contribution is -0.175. The Labute approximate surface area is 342 Å². The van der Waals surface area contributed by atoms with Gasteiger partial charge >= 0.3 is 18.0 Å². The van der Waals surface area contributed by atoms with E-state index in [2.05, 4.69) is 15.5 Å². The Morgan fingerprint density at radius 2 is 1.47 bits per heavy atom. The first kappa shape index (κ1) is 48.3. The molecule has 5 N–H and O–H groups in total. The number of phenolic OH excluding ortho intramolecular Hbond substituents is 1. The summed E-state index contributed by atoms with van der Waals surface area (Å²) in [5.74, 6) is -4.98. The SMILES string of the molecule is CC(C)(C)OC(=O)NCCc1ccc(O)c(N=Nc2ccc(C(=O)ON3C(=O)CC(C(COCCOCCOCCOCCOCCN)OCCC(=O)O)C3=O)cc2)c1. The van der Waals surface area contributed by atoms with Crippen LogP contribution in [0.5, 0.6) is 5.75 Å². The van der Waals surface area contributed by atoms with E-state index < -0.39 is 47.5 Å². The van der Waals surface area contributed by atoms with Crippen molar-refractivity contribution < 1.29 is 72.2 Å². The topological polar surface area (TPSA) is 266 Å². The summed E-state index contributed by atoms with van der Waals surface area (Å²) in [5.41, 5.74) is 5.97. The van der Waals surface area contributed by atoms with Crippen molar-refractivity contribution in [2.24, 2.45) is 21.9 Å². The molecule has 1 saturated heterocycles. The molecule has 20 nitrogen and oxygen atoms in total. The van der Waals surface area contributed by atoms with Gasteiger partial charge < -0.3 is 59.3 Å². The molecule has 3 amide bonds. The molecule has 2 aromatic carbocycles. The van der Waals surface area contributed by atoms with Crippen molar-refractivity contribution in [1.82, 2.24) is 10.4 Å². The van der Waals surface area contributed by atoms with Gasteiger partial charge in [-0.05, 0) is 69.2 Å². The van der Waals surface area contributed by atoms with E-state index in [9.17, 15) is 29.1 Å². The fourth-order valence-electron chi connectivity index (χ4n) is 5.10. The molecule has 1 aliphatic rings. The number of imide groups is 1. The molecule has 0 saturated carbocycles. The fraction of sp³-hybridized carbons (Fsp3) is 0.564. The van der Waals surface area contributed by atoms with Crippen molar-refractivity contribution in [2.45, 2.75) is 51.7 Å². The first-order valence-electron chi connectivity index (χ1n) is 19.1. The second-order valence-corrected chi connectivity index (χ2v) is 13.8. The lowest BCUT2D eigenvalue weighted by Gasteiger charge is -2.22. The first-order valence-corrected chi connectivity index (χ1v) is 19.1. The molecule has 20 heteroatoms. The van der Waals surface area contributed by atoms with Crippen molar-refractivity contribution in [3.05, 3.63) is 53.6 Å². The Bertz CT molecular complexity index is 1670. The van der Waals surface area contributed by atoms with Crippen LogP contribution in [0.15, 0.2) is 52.7 Å². The predicted molar refractivity (Wildman–Crippen MR) is 207 cm³/mol. The molecule has 0 aliphatic carbocycles. The average Bonchev–Trinajstić information content (AvgIpc) is 3.46. The van der Waals surface area contributed by atoms with Crippen molar-refractivity contribution in [3.63, 3.8) is 0 Å². The maximum absolute atomic E-state index is 13.3. The van der Waals surface area contributed by atoms with Crippen LogP contribution in [0.1, 0.15) is 49.5 Å². The number of alkyl carbamates (subject to hydrolysis) is 1. The molecule has 59 heavy (non-hydrogen) atoms. The number of carbonyl (C=O) groups excluding carboxylic acids is 4. The summed E-state index contributed by atoms with van der Waals surface area (Å²) in [4.78, 5) is 67.3. The number of amides is 3. The Hall–Kier alpha value is -5.09. The first-order chi connectivity index (χ1) is 28.3. The third-order valence-corrected chi connectivity index (χ3v) is 7.94. The zero-order chi connectivity index (χ0) is 43.0. The number of hydrogen-bond donors (Lipinski definition) is 4. The van der Waals surface area contributed by atoms with Gasteiger partial charge in [0.15, 0.2) is 0 Å². The lowest BCUT2D eigenvalue weighted by Crippen LogP contribution is -2.38. The molecular formula is C39H55N5O15. The van der Waals surface area contributed by atoms with E-state index >= 15 is 0 Å². The molecule has 0 bridgehead atoms. The summed E-state index contributed by atoms with van der Waals surface area (Å²) in [6, 6.07) is 10.4. The van der Waals surface area contributed by atoms with Crippen LogP contribution in [0, 0.1) is 5.92 Å². The second-order valence-electron chi connectivity index (χ2n) is 13.8. The summed E-state index contributed by atoms with van der Waals surface area (Å²) in [5, 5.41) is 30.6. The number of carbonyl (C=O) groups is 5. The Morgan fingerprint density at radius 3 is 2.07 bits per heavy atom. The summed E-state index contributed by atoms with van der Waals surface area (Å²) < 4.78 is 38.0. The van der Waals surface area contributed by atoms with Gasteiger partial charge in [0.1, 0.15) is 17.0 Å².